The van der Waals surface area contributed by atoms with Gasteiger partial charge in [-0.25, -0.2) is 4.98 Å². The Hall–Kier alpha value is -4.39. The van der Waals surface area contributed by atoms with Crippen molar-refractivity contribution >= 4 is 11.6 Å². The molecule has 0 unspecified atom stereocenters. The molecule has 7 heteroatoms. The highest BCUT2D eigenvalue weighted by Gasteiger charge is 2.10. The number of pyridine rings is 1. The van der Waals surface area contributed by atoms with Gasteiger partial charge in [0.15, 0.2) is 0 Å². The average Bonchev–Trinajstić information content (AvgIpc) is 3.51. The fourth-order valence-electron chi connectivity index (χ4n) is 3.84. The number of carbonyl (C=O) groups is 1. The molecule has 0 aliphatic rings. The largest absolute Gasteiger partial charge is 0.487 e. The summed E-state index contributed by atoms with van der Waals surface area (Å²) in [7, 11) is 0. The number of hydrogen-bond donors (Lipinski definition) is 1. The van der Waals surface area contributed by atoms with Crippen LogP contribution in [0.4, 0.5) is 0 Å². The normalized spacial score (nSPS) is 11.0. The molecule has 1 amide bonds. The molecule has 7 nitrogen and oxygen atoms in total. The highest BCUT2D eigenvalue weighted by molar-refractivity contribution is 5.94. The predicted octanol–water partition coefficient (Wildman–Crippen LogP) is 4.40. The Bertz CT molecular complexity index is 1420. The summed E-state index contributed by atoms with van der Waals surface area (Å²) in [5.41, 5.74) is 5.60. The molecule has 0 saturated carbocycles. The number of nitrogens with one attached hydrogen (secondary N) is 1. The standard InChI is InChI=1S/C27H25N5O2/c1-20-10-11-26-30-24(18-31(26)16-20)19-34-25-9-4-8-21(14-25)27(33)28-15-22-6-2-3-7-23(22)17-32-13-5-12-29-32/h2-14,16,18H,15,17,19H2,1H3,(H,28,33). The number of hydrogen-bond acceptors (Lipinski definition) is 4. The first-order valence-corrected chi connectivity index (χ1v) is 11.1. The summed E-state index contributed by atoms with van der Waals surface area (Å²) in [5, 5.41) is 7.29. The van der Waals surface area contributed by atoms with Crippen molar-refractivity contribution in [2.45, 2.75) is 26.6 Å². The predicted molar refractivity (Wildman–Crippen MR) is 130 cm³/mol. The van der Waals surface area contributed by atoms with Crippen molar-refractivity contribution < 1.29 is 9.53 Å². The minimum absolute atomic E-state index is 0.150. The van der Waals surface area contributed by atoms with Crippen LogP contribution in [0.15, 0.2) is 91.5 Å². The zero-order valence-corrected chi connectivity index (χ0v) is 18.9. The van der Waals surface area contributed by atoms with Crippen molar-refractivity contribution in [1.82, 2.24) is 24.5 Å². The van der Waals surface area contributed by atoms with E-state index in [9.17, 15) is 4.79 Å². The zero-order chi connectivity index (χ0) is 23.3. The van der Waals surface area contributed by atoms with Crippen LogP contribution in [0, 0.1) is 6.92 Å². The van der Waals surface area contributed by atoms with Gasteiger partial charge in [0.25, 0.3) is 5.91 Å². The van der Waals surface area contributed by atoms with E-state index in [2.05, 4.69) is 21.5 Å². The van der Waals surface area contributed by atoms with E-state index in [-0.39, 0.29) is 5.91 Å². The summed E-state index contributed by atoms with van der Waals surface area (Å²) in [6, 6.07) is 21.2. The van der Waals surface area contributed by atoms with Crippen LogP contribution in [0.2, 0.25) is 0 Å². The molecule has 0 saturated heterocycles. The molecule has 1 N–H and O–H groups in total. The van der Waals surface area contributed by atoms with Gasteiger partial charge in [0.05, 0.1) is 12.2 Å². The van der Waals surface area contributed by atoms with Gasteiger partial charge in [-0.1, -0.05) is 36.4 Å². The Labute approximate surface area is 197 Å². The van der Waals surface area contributed by atoms with Crippen molar-refractivity contribution in [1.29, 1.82) is 0 Å². The number of aromatic nitrogens is 4. The van der Waals surface area contributed by atoms with Crippen LogP contribution < -0.4 is 10.1 Å². The van der Waals surface area contributed by atoms with E-state index in [1.54, 1.807) is 18.3 Å². The quantitative estimate of drug-likeness (QED) is 0.380. The molecule has 0 atom stereocenters. The third-order valence-electron chi connectivity index (χ3n) is 5.58. The number of ether oxygens (including phenoxy) is 1. The van der Waals surface area contributed by atoms with Gasteiger partial charge >= 0.3 is 0 Å². The maximum Gasteiger partial charge on any atom is 0.251 e. The molecule has 0 aliphatic carbocycles. The summed E-state index contributed by atoms with van der Waals surface area (Å²) < 4.78 is 9.77. The van der Waals surface area contributed by atoms with Gasteiger partial charge < -0.3 is 14.5 Å². The monoisotopic (exact) mass is 451 g/mol. The third-order valence-corrected chi connectivity index (χ3v) is 5.58. The van der Waals surface area contributed by atoms with Gasteiger partial charge in [-0.05, 0) is 53.9 Å². The third kappa shape index (κ3) is 4.99. The highest BCUT2D eigenvalue weighted by Crippen LogP contribution is 2.17. The lowest BCUT2D eigenvalue weighted by Gasteiger charge is -2.12. The summed E-state index contributed by atoms with van der Waals surface area (Å²) in [6.07, 6.45) is 7.67. The van der Waals surface area contributed by atoms with Crippen LogP contribution in [0.25, 0.3) is 5.65 Å². The molecule has 0 fully saturated rings. The fraction of sp³-hybridized carbons (Fsp3) is 0.148. The van der Waals surface area contributed by atoms with Crippen molar-refractivity contribution in [3.63, 3.8) is 0 Å². The van der Waals surface area contributed by atoms with Crippen LogP contribution in [-0.2, 0) is 19.7 Å². The summed E-state index contributed by atoms with van der Waals surface area (Å²) in [5.74, 6) is 0.475. The molecule has 0 spiro atoms. The summed E-state index contributed by atoms with van der Waals surface area (Å²) >= 11 is 0. The van der Waals surface area contributed by atoms with Crippen molar-refractivity contribution in [2.24, 2.45) is 0 Å². The van der Waals surface area contributed by atoms with E-state index in [0.717, 1.165) is 22.5 Å². The molecular weight excluding hydrogens is 426 g/mol. The molecule has 5 aromatic rings. The fourth-order valence-corrected chi connectivity index (χ4v) is 3.84. The van der Waals surface area contributed by atoms with E-state index in [1.807, 2.05) is 83.1 Å². The number of carbonyl (C=O) groups excluding carboxylic acids is 1. The lowest BCUT2D eigenvalue weighted by molar-refractivity contribution is 0.0950. The number of rotatable bonds is 8. The van der Waals surface area contributed by atoms with Crippen molar-refractivity contribution in [2.75, 3.05) is 0 Å². The smallest absolute Gasteiger partial charge is 0.251 e. The highest BCUT2D eigenvalue weighted by atomic mass is 16.5. The lowest BCUT2D eigenvalue weighted by atomic mass is 10.1. The Kier molecular flexibility index (Phi) is 6.07. The number of fused-ring (bicyclic) bond motifs is 1. The second-order valence-corrected chi connectivity index (χ2v) is 8.18. The molecule has 0 radical (unpaired) electrons. The molecule has 2 aromatic carbocycles. The first-order chi connectivity index (χ1) is 16.6. The van der Waals surface area contributed by atoms with Crippen molar-refractivity contribution in [3.8, 4) is 5.75 Å². The molecule has 0 bridgehead atoms. The van der Waals surface area contributed by atoms with Gasteiger partial charge in [-0.15, -0.1) is 0 Å². The van der Waals surface area contributed by atoms with Gasteiger partial charge in [0.2, 0.25) is 0 Å². The van der Waals surface area contributed by atoms with Crippen LogP contribution in [-0.4, -0.2) is 25.1 Å². The Morgan fingerprint density at radius 1 is 1.00 bits per heavy atom. The van der Waals surface area contributed by atoms with Gasteiger partial charge in [-0.3, -0.25) is 9.48 Å². The Morgan fingerprint density at radius 3 is 2.74 bits per heavy atom. The average molecular weight is 452 g/mol. The Balaban J connectivity index is 1.21. The lowest BCUT2D eigenvalue weighted by Crippen LogP contribution is -2.23. The number of aryl methyl sites for hydroxylation is 1. The van der Waals surface area contributed by atoms with E-state index in [1.165, 1.54) is 5.56 Å². The number of amides is 1. The van der Waals surface area contributed by atoms with Crippen LogP contribution in [0.5, 0.6) is 5.75 Å². The second kappa shape index (κ2) is 9.62. The molecule has 3 aromatic heterocycles. The first-order valence-electron chi connectivity index (χ1n) is 11.1. The maximum absolute atomic E-state index is 12.8. The van der Waals surface area contributed by atoms with E-state index >= 15 is 0 Å². The number of imidazole rings is 1. The maximum atomic E-state index is 12.8. The van der Waals surface area contributed by atoms with E-state index in [4.69, 9.17) is 4.74 Å². The van der Waals surface area contributed by atoms with Gasteiger partial charge in [-0.2, -0.15) is 5.10 Å². The molecular formula is C27H25N5O2. The zero-order valence-electron chi connectivity index (χ0n) is 18.9. The molecule has 3 heterocycles. The van der Waals surface area contributed by atoms with Gasteiger partial charge in [0.1, 0.15) is 18.0 Å². The minimum Gasteiger partial charge on any atom is -0.487 e. The topological polar surface area (TPSA) is 73.4 Å². The van der Waals surface area contributed by atoms with Crippen LogP contribution in [0.3, 0.4) is 0 Å². The minimum atomic E-state index is -0.150. The van der Waals surface area contributed by atoms with E-state index < -0.39 is 0 Å². The molecule has 170 valence electrons. The second-order valence-electron chi connectivity index (χ2n) is 8.18. The summed E-state index contributed by atoms with van der Waals surface area (Å²) in [6.45, 7) is 3.46. The van der Waals surface area contributed by atoms with Crippen LogP contribution in [0.1, 0.15) is 32.7 Å². The van der Waals surface area contributed by atoms with Crippen molar-refractivity contribution in [3.05, 3.63) is 119 Å². The van der Waals surface area contributed by atoms with Gasteiger partial charge in [0, 0.05) is 36.9 Å². The SMILES string of the molecule is Cc1ccc2nc(COc3cccc(C(=O)NCc4ccccc4Cn4cccn4)c3)cn2c1. The Morgan fingerprint density at radius 2 is 1.88 bits per heavy atom. The summed E-state index contributed by atoms with van der Waals surface area (Å²) in [4.78, 5) is 17.4. The number of nitrogens with zero attached hydrogens (tertiary/aromatic N) is 4. The molecule has 5 rings (SSSR count). The van der Waals surface area contributed by atoms with Crippen LogP contribution >= 0.6 is 0 Å². The van der Waals surface area contributed by atoms with E-state index in [0.29, 0.717) is 31.0 Å². The molecule has 34 heavy (non-hydrogen) atoms. The molecule has 0 aliphatic heterocycles. The first kappa shape index (κ1) is 21.5. The number of benzene rings is 2.